The van der Waals surface area contributed by atoms with Gasteiger partial charge in [-0.3, -0.25) is 20.3 Å². The van der Waals surface area contributed by atoms with Crippen LogP contribution in [0, 0.1) is 11.2 Å². The molecule has 5 unspecified atom stereocenters. The fourth-order valence-corrected chi connectivity index (χ4v) is 6.02. The van der Waals surface area contributed by atoms with Crippen molar-refractivity contribution in [2.45, 2.75) is 51.2 Å². The number of rotatable bonds is 3. The van der Waals surface area contributed by atoms with Gasteiger partial charge in [0.1, 0.15) is 24.7 Å². The number of halogens is 2. The van der Waals surface area contributed by atoms with Crippen LogP contribution < -0.4 is 20.4 Å². The van der Waals surface area contributed by atoms with Crippen molar-refractivity contribution < 1.29 is 37.2 Å². The molecule has 196 valence electrons. The molecule has 2 saturated heterocycles. The Morgan fingerprint density at radius 2 is 2.14 bits per heavy atom. The van der Waals surface area contributed by atoms with Crippen LogP contribution in [0.1, 0.15) is 26.3 Å². The number of ether oxygens (including phenoxy) is 2. The van der Waals surface area contributed by atoms with Gasteiger partial charge in [-0.25, -0.2) is 23.4 Å². The van der Waals surface area contributed by atoms with Crippen LogP contribution in [0.25, 0.3) is 11.0 Å². The number of alkyl halides is 1. The molecule has 0 bridgehead atoms. The van der Waals surface area contributed by atoms with E-state index in [9.17, 15) is 18.8 Å². The van der Waals surface area contributed by atoms with Gasteiger partial charge in [-0.2, -0.15) is 0 Å². The number of nitrogens with zero attached hydrogens (tertiary/aromatic N) is 4. The number of carbonyl (C=O) groups excluding carboxylic acids is 3. The molecule has 1 aromatic carbocycles. The van der Waals surface area contributed by atoms with Gasteiger partial charge >= 0.3 is 12.1 Å². The number of morpholine rings is 1. The molecule has 4 aliphatic heterocycles. The number of amides is 4. The Bertz CT molecular complexity index is 1410. The lowest BCUT2D eigenvalue weighted by molar-refractivity contribution is -0.147. The van der Waals surface area contributed by atoms with Crippen LogP contribution >= 0.6 is 0 Å². The number of hydrogen-bond acceptors (Lipinski definition) is 9. The minimum Gasteiger partial charge on any atom is -0.443 e. The molecule has 0 radical (unpaired) electrons. The number of nitrogens with one attached hydrogen (secondary N) is 2. The third kappa shape index (κ3) is 2.81. The Balaban J connectivity index is 1.52. The number of aliphatic imine (C=N–C) groups is 1. The monoisotopic (exact) mass is 518 g/mol. The summed E-state index contributed by atoms with van der Waals surface area (Å²) in [5, 5.41) is 8.99. The average molecular weight is 518 g/mol. The lowest BCUT2D eigenvalue weighted by atomic mass is 9.58. The SMILES string of the molecule is CC(CF)OC(=O)N(C)c1noc2c(F)c3c(cc12)CC12C(=O)NC(=O)NC1=NC21C(C)OC(C)CN31. The summed E-state index contributed by atoms with van der Waals surface area (Å²) in [7, 11) is 1.35. The van der Waals surface area contributed by atoms with Gasteiger partial charge < -0.3 is 18.9 Å². The summed E-state index contributed by atoms with van der Waals surface area (Å²) >= 11 is 0. The van der Waals surface area contributed by atoms with Crippen LogP contribution in [0.4, 0.5) is 29.9 Å². The summed E-state index contributed by atoms with van der Waals surface area (Å²) in [6.07, 6.45) is -2.81. The summed E-state index contributed by atoms with van der Waals surface area (Å²) < 4.78 is 45.4. The molecular formula is C23H24F2N6O6. The average Bonchev–Trinajstić information content (AvgIpc) is 3.25. The van der Waals surface area contributed by atoms with Gasteiger partial charge in [0.05, 0.1) is 17.2 Å². The van der Waals surface area contributed by atoms with E-state index in [1.165, 1.54) is 14.0 Å². The molecule has 2 fully saturated rings. The van der Waals surface area contributed by atoms with E-state index in [-0.39, 0.29) is 47.4 Å². The lowest BCUT2D eigenvalue weighted by Gasteiger charge is -2.67. The van der Waals surface area contributed by atoms with Gasteiger partial charge in [-0.15, -0.1) is 0 Å². The quantitative estimate of drug-likeness (QED) is 0.629. The van der Waals surface area contributed by atoms with E-state index in [0.29, 0.717) is 5.56 Å². The van der Waals surface area contributed by atoms with Crippen molar-refractivity contribution in [2.24, 2.45) is 10.4 Å². The fourth-order valence-electron chi connectivity index (χ4n) is 6.02. The van der Waals surface area contributed by atoms with Crippen molar-refractivity contribution in [3.8, 4) is 0 Å². The number of anilines is 2. The first-order valence-electron chi connectivity index (χ1n) is 11.8. The fraction of sp³-hybridized carbons (Fsp3) is 0.522. The summed E-state index contributed by atoms with van der Waals surface area (Å²) in [6.45, 7) is 4.34. The highest BCUT2D eigenvalue weighted by Crippen LogP contribution is 2.60. The van der Waals surface area contributed by atoms with Crippen molar-refractivity contribution in [2.75, 3.05) is 30.1 Å². The Hall–Kier alpha value is -3.81. The molecule has 2 aromatic rings. The summed E-state index contributed by atoms with van der Waals surface area (Å²) in [6, 6.07) is 0.912. The molecule has 6 rings (SSSR count). The van der Waals surface area contributed by atoms with E-state index in [4.69, 9.17) is 14.0 Å². The van der Waals surface area contributed by atoms with Crippen LogP contribution in [0.5, 0.6) is 0 Å². The Labute approximate surface area is 208 Å². The first-order valence-corrected chi connectivity index (χ1v) is 11.8. The topological polar surface area (TPSA) is 139 Å². The Kier molecular flexibility index (Phi) is 4.84. The van der Waals surface area contributed by atoms with Gasteiger partial charge in [0.25, 0.3) is 0 Å². The van der Waals surface area contributed by atoms with Gasteiger partial charge in [0, 0.05) is 20.0 Å². The molecule has 12 nitrogen and oxygen atoms in total. The maximum absolute atomic E-state index is 16.2. The minimum absolute atomic E-state index is 0.00358. The van der Waals surface area contributed by atoms with E-state index in [2.05, 4.69) is 20.8 Å². The van der Waals surface area contributed by atoms with E-state index >= 15 is 4.39 Å². The number of imide groups is 1. The number of amidine groups is 1. The number of benzene rings is 1. The zero-order valence-corrected chi connectivity index (χ0v) is 20.4. The Morgan fingerprint density at radius 1 is 1.38 bits per heavy atom. The van der Waals surface area contributed by atoms with Gasteiger partial charge in [0.2, 0.25) is 11.5 Å². The highest BCUT2D eigenvalue weighted by Gasteiger charge is 2.77. The van der Waals surface area contributed by atoms with Crippen molar-refractivity contribution in [3.05, 3.63) is 17.4 Å². The second kappa shape index (κ2) is 7.60. The van der Waals surface area contributed by atoms with Crippen molar-refractivity contribution in [1.29, 1.82) is 0 Å². The second-order valence-corrected chi connectivity index (χ2v) is 9.87. The number of urea groups is 1. The highest BCUT2D eigenvalue weighted by molar-refractivity contribution is 6.26. The molecule has 5 heterocycles. The maximum Gasteiger partial charge on any atom is 0.415 e. The molecule has 14 heteroatoms. The summed E-state index contributed by atoms with van der Waals surface area (Å²) in [5.74, 6) is -1.14. The summed E-state index contributed by atoms with van der Waals surface area (Å²) in [5.41, 5.74) is -2.21. The smallest absolute Gasteiger partial charge is 0.415 e. The highest BCUT2D eigenvalue weighted by atomic mass is 19.1. The number of carbonyl (C=O) groups is 3. The number of fused-ring (bicyclic) bond motifs is 3. The van der Waals surface area contributed by atoms with E-state index in [1.807, 2.05) is 6.92 Å². The normalized spacial score (nSPS) is 30.5. The van der Waals surface area contributed by atoms with E-state index in [1.54, 1.807) is 17.9 Å². The van der Waals surface area contributed by atoms with E-state index < -0.39 is 53.8 Å². The zero-order valence-electron chi connectivity index (χ0n) is 20.4. The van der Waals surface area contributed by atoms with Crippen molar-refractivity contribution in [1.82, 2.24) is 15.8 Å². The molecule has 0 saturated carbocycles. The zero-order chi connectivity index (χ0) is 26.4. The molecule has 5 atom stereocenters. The lowest BCUT2D eigenvalue weighted by Crippen LogP contribution is -2.86. The summed E-state index contributed by atoms with van der Waals surface area (Å²) in [4.78, 5) is 45.3. The third-order valence-electron chi connectivity index (χ3n) is 7.59. The first kappa shape index (κ1) is 23.6. The Morgan fingerprint density at radius 3 is 2.84 bits per heavy atom. The van der Waals surface area contributed by atoms with Crippen LogP contribution in [0.2, 0.25) is 0 Å². The van der Waals surface area contributed by atoms with E-state index in [0.717, 1.165) is 4.90 Å². The molecule has 0 aliphatic carbocycles. The molecule has 1 aromatic heterocycles. The first-order chi connectivity index (χ1) is 17.5. The van der Waals surface area contributed by atoms with Crippen molar-refractivity contribution in [3.63, 3.8) is 0 Å². The third-order valence-corrected chi connectivity index (χ3v) is 7.59. The van der Waals surface area contributed by atoms with Gasteiger partial charge in [0.15, 0.2) is 22.7 Å². The second-order valence-electron chi connectivity index (χ2n) is 9.87. The predicted molar refractivity (Wildman–Crippen MR) is 125 cm³/mol. The standard InChI is InChI=1S/C23H24F2N6O6/c1-9(7-24)36-21(34)30(4)17-13-5-12-6-22-18(26-20(33)27-19(22)32)28-23(22)11(3)35-10(2)8-31(23)15(12)14(25)16(13)37-29-17/h5,9-11H,6-8H2,1-4H3,(H2,26,27,28,32,33). The largest absolute Gasteiger partial charge is 0.443 e. The molecule has 37 heavy (non-hydrogen) atoms. The molecule has 4 amide bonds. The molecule has 4 aliphatic rings. The number of aromatic nitrogens is 1. The van der Waals surface area contributed by atoms with Gasteiger partial charge in [-0.1, -0.05) is 5.16 Å². The maximum atomic E-state index is 16.2. The molecule has 2 spiro atoms. The number of hydrogen-bond donors (Lipinski definition) is 2. The van der Waals surface area contributed by atoms with Crippen LogP contribution in [0.3, 0.4) is 0 Å². The molecule has 2 N–H and O–H groups in total. The minimum atomic E-state index is -1.34. The predicted octanol–water partition coefficient (Wildman–Crippen LogP) is 2.00. The van der Waals surface area contributed by atoms with Crippen LogP contribution in [-0.4, -0.2) is 73.3 Å². The van der Waals surface area contributed by atoms with Gasteiger partial charge in [-0.05, 0) is 32.4 Å². The van der Waals surface area contributed by atoms with Crippen LogP contribution in [-0.2, 0) is 20.7 Å². The van der Waals surface area contributed by atoms with Crippen molar-refractivity contribution >= 4 is 46.3 Å². The van der Waals surface area contributed by atoms with Crippen LogP contribution in [0.15, 0.2) is 15.6 Å². The molecular weight excluding hydrogens is 494 g/mol.